The van der Waals surface area contributed by atoms with Crippen LogP contribution in [0.1, 0.15) is 66.2 Å². The van der Waals surface area contributed by atoms with E-state index < -0.39 is 0 Å². The molecule has 1 unspecified atom stereocenters. The maximum atomic E-state index is 12.0. The van der Waals surface area contributed by atoms with E-state index in [2.05, 4.69) is 32.6 Å². The molecule has 0 aromatic carbocycles. The quantitative estimate of drug-likeness (QED) is 0.493. The van der Waals surface area contributed by atoms with Gasteiger partial charge in [-0.3, -0.25) is 4.79 Å². The van der Waals surface area contributed by atoms with E-state index in [1.54, 1.807) is 0 Å². The lowest BCUT2D eigenvalue weighted by Gasteiger charge is -2.30. The van der Waals surface area contributed by atoms with E-state index in [0.717, 1.165) is 0 Å². The molecule has 0 aromatic rings. The van der Waals surface area contributed by atoms with Gasteiger partial charge in [0.1, 0.15) is 6.04 Å². The van der Waals surface area contributed by atoms with Crippen LogP contribution in [0, 0.1) is 5.41 Å². The Labute approximate surface area is 99.4 Å². The first-order valence-corrected chi connectivity index (χ1v) is 6.69. The second kappa shape index (κ2) is 3.75. The smallest absolute Gasteiger partial charge is 0.247 e. The largest absolute Gasteiger partial charge is 0.323 e. The van der Waals surface area contributed by atoms with Gasteiger partial charge in [0.05, 0.1) is 0 Å². The maximum Gasteiger partial charge on any atom is 0.247 e. The molecule has 1 amide bonds. The molecule has 1 atom stereocenters. The van der Waals surface area contributed by atoms with Crippen LogP contribution in [0.5, 0.6) is 0 Å². The summed E-state index contributed by atoms with van der Waals surface area (Å²) >= 11 is 0. The van der Waals surface area contributed by atoms with Gasteiger partial charge in [0.15, 0.2) is 0 Å². The molecule has 0 aromatic heterocycles. The molecule has 2 nitrogen and oxygen atoms in total. The summed E-state index contributed by atoms with van der Waals surface area (Å²) < 4.78 is 0. The molecule has 0 spiro atoms. The first-order chi connectivity index (χ1) is 7.36. The van der Waals surface area contributed by atoms with Crippen LogP contribution in [0.3, 0.4) is 0 Å². The molecule has 1 saturated heterocycles. The number of nitrogens with zero attached hydrogens (tertiary/aromatic N) is 1. The molecule has 0 bridgehead atoms. The maximum absolute atomic E-state index is 12.0. The number of hydrogen-bond acceptors (Lipinski definition) is 1. The van der Waals surface area contributed by atoms with Gasteiger partial charge in [-0.1, -0.05) is 32.6 Å². The molecule has 92 valence electrons. The Balaban J connectivity index is 2.10. The predicted molar refractivity (Wildman–Crippen MR) is 66.2 cm³/mol. The Morgan fingerprint density at radius 1 is 1.12 bits per heavy atom. The fourth-order valence-corrected chi connectivity index (χ4v) is 3.31. The van der Waals surface area contributed by atoms with E-state index >= 15 is 0 Å². The third-order valence-corrected chi connectivity index (χ3v) is 4.29. The standard InChI is InChI=1S/C14H25NO/c1-13(2,3)15-11(12(15)16)14(4)9-7-5-6-8-10-14/h11H,5-10H2,1-4H3. The average molecular weight is 223 g/mol. The average Bonchev–Trinajstić information content (AvgIpc) is 2.85. The third-order valence-electron chi connectivity index (χ3n) is 4.29. The van der Waals surface area contributed by atoms with Crippen LogP contribution >= 0.6 is 0 Å². The molecule has 1 aliphatic carbocycles. The number of rotatable bonds is 1. The van der Waals surface area contributed by atoms with Crippen LogP contribution in [-0.2, 0) is 4.79 Å². The van der Waals surface area contributed by atoms with Crippen molar-refractivity contribution >= 4 is 5.91 Å². The minimum absolute atomic E-state index is 0.0110. The first kappa shape index (κ1) is 11.9. The molecule has 2 fully saturated rings. The Morgan fingerprint density at radius 2 is 1.62 bits per heavy atom. The van der Waals surface area contributed by atoms with Crippen molar-refractivity contribution in [3.05, 3.63) is 0 Å². The van der Waals surface area contributed by atoms with Gasteiger partial charge in [-0.25, -0.2) is 0 Å². The van der Waals surface area contributed by atoms with E-state index in [1.807, 2.05) is 0 Å². The zero-order valence-corrected chi connectivity index (χ0v) is 11.2. The monoisotopic (exact) mass is 223 g/mol. The minimum Gasteiger partial charge on any atom is -0.323 e. The van der Waals surface area contributed by atoms with Crippen LogP contribution in [0.15, 0.2) is 0 Å². The van der Waals surface area contributed by atoms with Gasteiger partial charge >= 0.3 is 0 Å². The predicted octanol–water partition coefficient (Wildman–Crippen LogP) is 3.36. The van der Waals surface area contributed by atoms with Crippen molar-refractivity contribution in [3.63, 3.8) is 0 Å². The van der Waals surface area contributed by atoms with Gasteiger partial charge in [0.25, 0.3) is 0 Å². The topological polar surface area (TPSA) is 20.1 Å². The third kappa shape index (κ3) is 1.99. The molecule has 0 N–H and O–H groups in total. The Bertz CT molecular complexity index is 282. The number of carbonyl (C=O) groups is 1. The summed E-state index contributed by atoms with van der Waals surface area (Å²) in [6.07, 6.45) is 7.78. The molecular weight excluding hydrogens is 198 g/mol. The van der Waals surface area contributed by atoms with Crippen LogP contribution in [-0.4, -0.2) is 22.4 Å². The van der Waals surface area contributed by atoms with Gasteiger partial charge < -0.3 is 4.90 Å². The molecule has 1 saturated carbocycles. The summed E-state index contributed by atoms with van der Waals surface area (Å²) in [5, 5.41) is 0. The summed E-state index contributed by atoms with van der Waals surface area (Å²) in [6.45, 7) is 8.76. The van der Waals surface area contributed by atoms with E-state index in [-0.39, 0.29) is 17.0 Å². The van der Waals surface area contributed by atoms with Crippen LogP contribution in [0.2, 0.25) is 0 Å². The second-order valence-electron chi connectivity index (χ2n) is 6.85. The van der Waals surface area contributed by atoms with E-state index in [9.17, 15) is 4.79 Å². The number of hydrogen-bond donors (Lipinski definition) is 0. The fraction of sp³-hybridized carbons (Fsp3) is 0.929. The van der Waals surface area contributed by atoms with E-state index in [1.165, 1.54) is 38.5 Å². The summed E-state index contributed by atoms with van der Waals surface area (Å²) in [7, 11) is 0. The highest BCUT2D eigenvalue weighted by molar-refractivity contribution is 5.98. The Kier molecular flexibility index (Phi) is 2.80. The summed E-state index contributed by atoms with van der Waals surface area (Å²) in [5.74, 6) is 0.386. The van der Waals surface area contributed by atoms with Gasteiger partial charge in [0.2, 0.25) is 5.91 Å². The van der Waals surface area contributed by atoms with E-state index in [4.69, 9.17) is 0 Å². The SMILES string of the molecule is CC1(C2C(=O)N2C(C)(C)C)CCCCCC1. The molecule has 0 radical (unpaired) electrons. The molecule has 2 rings (SSSR count). The summed E-state index contributed by atoms with van der Waals surface area (Å²) in [4.78, 5) is 14.1. The van der Waals surface area contributed by atoms with Gasteiger partial charge in [0, 0.05) is 5.54 Å². The van der Waals surface area contributed by atoms with Crippen molar-refractivity contribution in [1.82, 2.24) is 4.90 Å². The van der Waals surface area contributed by atoms with E-state index in [0.29, 0.717) is 5.91 Å². The molecule has 2 aliphatic rings. The number of carbonyl (C=O) groups excluding carboxylic acids is 1. The normalized spacial score (nSPS) is 30.1. The lowest BCUT2D eigenvalue weighted by molar-refractivity contribution is -0.115. The first-order valence-electron chi connectivity index (χ1n) is 6.69. The highest BCUT2D eigenvalue weighted by atomic mass is 16.2. The van der Waals surface area contributed by atoms with Gasteiger partial charge in [-0.05, 0) is 39.0 Å². The van der Waals surface area contributed by atoms with Crippen molar-refractivity contribution in [2.45, 2.75) is 77.8 Å². The van der Waals surface area contributed by atoms with Crippen LogP contribution in [0.4, 0.5) is 0 Å². The second-order valence-corrected chi connectivity index (χ2v) is 6.85. The molecular formula is C14H25NO. The highest BCUT2D eigenvalue weighted by Crippen LogP contribution is 2.49. The zero-order chi connectivity index (χ0) is 12.0. The van der Waals surface area contributed by atoms with Gasteiger partial charge in [-0.15, -0.1) is 0 Å². The van der Waals surface area contributed by atoms with Crippen LogP contribution in [0.25, 0.3) is 0 Å². The minimum atomic E-state index is 0.0110. The van der Waals surface area contributed by atoms with Crippen molar-refractivity contribution in [2.75, 3.05) is 0 Å². The van der Waals surface area contributed by atoms with Crippen molar-refractivity contribution in [3.8, 4) is 0 Å². The van der Waals surface area contributed by atoms with Crippen molar-refractivity contribution < 1.29 is 4.79 Å². The zero-order valence-electron chi connectivity index (χ0n) is 11.2. The molecule has 1 aliphatic heterocycles. The van der Waals surface area contributed by atoms with Crippen molar-refractivity contribution in [2.24, 2.45) is 5.41 Å². The fourth-order valence-electron chi connectivity index (χ4n) is 3.31. The lowest BCUT2D eigenvalue weighted by Crippen LogP contribution is -2.34. The summed E-state index contributed by atoms with van der Waals surface area (Å²) in [5.41, 5.74) is 0.262. The molecule has 2 heteroatoms. The highest BCUT2D eigenvalue weighted by Gasteiger charge is 2.59. The molecule has 16 heavy (non-hydrogen) atoms. The number of amides is 1. The lowest BCUT2D eigenvalue weighted by atomic mass is 9.79. The van der Waals surface area contributed by atoms with Gasteiger partial charge in [-0.2, -0.15) is 0 Å². The Morgan fingerprint density at radius 3 is 2.00 bits per heavy atom. The summed E-state index contributed by atoms with van der Waals surface area (Å²) in [6, 6.07) is 0.214. The molecule has 1 heterocycles. The Hall–Kier alpha value is -0.530. The van der Waals surface area contributed by atoms with Crippen molar-refractivity contribution in [1.29, 1.82) is 0 Å². The van der Waals surface area contributed by atoms with Crippen LogP contribution < -0.4 is 0 Å².